The van der Waals surface area contributed by atoms with Crippen molar-refractivity contribution >= 4 is 43.8 Å². The first-order chi connectivity index (χ1) is 11.0. The van der Waals surface area contributed by atoms with Crippen molar-refractivity contribution in [1.29, 1.82) is 0 Å². The number of nitrogens with two attached hydrogens (primary N) is 2. The Kier molecular flexibility index (Phi) is 4.67. The SMILES string of the molecule is Nc1cc(/C=C/c2ccc(S(=O)(=O)O)c(N)c2)ccc1S(=O)(=O)O. The van der Waals surface area contributed by atoms with Gasteiger partial charge < -0.3 is 11.5 Å². The highest BCUT2D eigenvalue weighted by Gasteiger charge is 2.14. The fourth-order valence-corrected chi connectivity index (χ4v) is 3.20. The van der Waals surface area contributed by atoms with Crippen molar-refractivity contribution in [2.45, 2.75) is 9.79 Å². The third-order valence-corrected chi connectivity index (χ3v) is 4.95. The summed E-state index contributed by atoms with van der Waals surface area (Å²) in [6, 6.07) is 7.92. The first kappa shape index (κ1) is 17.9. The summed E-state index contributed by atoms with van der Waals surface area (Å²) in [6.07, 6.45) is 3.18. The van der Waals surface area contributed by atoms with E-state index >= 15 is 0 Å². The fraction of sp³-hybridized carbons (Fsp3) is 0. The molecule has 0 unspecified atom stereocenters. The van der Waals surface area contributed by atoms with Crippen LogP contribution >= 0.6 is 0 Å². The minimum absolute atomic E-state index is 0.110. The molecule has 0 heterocycles. The second-order valence-electron chi connectivity index (χ2n) is 4.88. The third-order valence-electron chi connectivity index (χ3n) is 3.09. The van der Waals surface area contributed by atoms with E-state index in [1.54, 1.807) is 12.2 Å². The van der Waals surface area contributed by atoms with Crippen LogP contribution in [0.4, 0.5) is 11.4 Å². The minimum Gasteiger partial charge on any atom is -0.398 e. The van der Waals surface area contributed by atoms with Crippen molar-refractivity contribution in [3.05, 3.63) is 47.5 Å². The zero-order valence-electron chi connectivity index (χ0n) is 12.1. The lowest BCUT2D eigenvalue weighted by atomic mass is 10.1. The van der Waals surface area contributed by atoms with Crippen LogP contribution in [0.3, 0.4) is 0 Å². The summed E-state index contributed by atoms with van der Waals surface area (Å²) in [5.74, 6) is 0. The van der Waals surface area contributed by atoms with Crippen LogP contribution in [0.25, 0.3) is 12.2 Å². The summed E-state index contributed by atoms with van der Waals surface area (Å²) in [4.78, 5) is -0.775. The van der Waals surface area contributed by atoms with E-state index in [0.717, 1.165) is 0 Å². The standard InChI is InChI=1S/C14H14N2O6S2/c15-11-7-9(3-5-13(11)23(17,18)19)1-2-10-4-6-14(12(16)8-10)24(20,21)22/h1-8H,15-16H2,(H,17,18,19)(H,20,21,22)/b2-1+. The van der Waals surface area contributed by atoms with Gasteiger partial charge in [-0.1, -0.05) is 24.3 Å². The zero-order chi connectivity index (χ0) is 18.1. The van der Waals surface area contributed by atoms with Gasteiger partial charge in [-0.3, -0.25) is 9.11 Å². The van der Waals surface area contributed by atoms with Gasteiger partial charge in [0, 0.05) is 0 Å². The van der Waals surface area contributed by atoms with Gasteiger partial charge in [-0.05, 0) is 35.4 Å². The molecule has 0 aliphatic heterocycles. The average Bonchev–Trinajstić information content (AvgIpc) is 2.42. The van der Waals surface area contributed by atoms with Crippen LogP contribution < -0.4 is 11.5 Å². The molecule has 0 aromatic heterocycles. The van der Waals surface area contributed by atoms with E-state index in [9.17, 15) is 16.8 Å². The predicted octanol–water partition coefficient (Wildman–Crippen LogP) is 1.51. The molecule has 0 radical (unpaired) electrons. The smallest absolute Gasteiger partial charge is 0.296 e. The van der Waals surface area contributed by atoms with E-state index in [1.807, 2.05) is 0 Å². The Labute approximate surface area is 138 Å². The Morgan fingerprint density at radius 2 is 1.04 bits per heavy atom. The monoisotopic (exact) mass is 370 g/mol. The lowest BCUT2D eigenvalue weighted by Crippen LogP contribution is -2.03. The van der Waals surface area contributed by atoms with Crippen LogP contribution in [-0.2, 0) is 20.2 Å². The van der Waals surface area contributed by atoms with Gasteiger partial charge in [-0.2, -0.15) is 16.8 Å². The predicted molar refractivity (Wildman–Crippen MR) is 90.3 cm³/mol. The van der Waals surface area contributed by atoms with Crippen LogP contribution in [0.5, 0.6) is 0 Å². The first-order valence-electron chi connectivity index (χ1n) is 6.40. The normalized spacial score (nSPS) is 12.6. The highest BCUT2D eigenvalue weighted by molar-refractivity contribution is 7.86. The summed E-state index contributed by atoms with van der Waals surface area (Å²) in [6.45, 7) is 0. The van der Waals surface area contributed by atoms with Crippen LogP contribution in [0, 0.1) is 0 Å². The number of rotatable bonds is 4. The summed E-state index contributed by atoms with van der Waals surface area (Å²) < 4.78 is 62.2. The Hall–Kier alpha value is -2.40. The Balaban J connectivity index is 2.32. The molecule has 0 bridgehead atoms. The van der Waals surface area contributed by atoms with Gasteiger partial charge >= 0.3 is 0 Å². The highest BCUT2D eigenvalue weighted by atomic mass is 32.2. The molecule has 0 fully saturated rings. The summed E-state index contributed by atoms with van der Waals surface area (Å²) in [5, 5.41) is 0. The molecule has 0 amide bonds. The molecule has 0 atom stereocenters. The Morgan fingerprint density at radius 1 is 0.708 bits per heavy atom. The Morgan fingerprint density at radius 3 is 1.29 bits per heavy atom. The molecule has 0 spiro atoms. The maximum Gasteiger partial charge on any atom is 0.296 e. The van der Waals surface area contributed by atoms with E-state index in [0.29, 0.717) is 11.1 Å². The number of hydrogen-bond acceptors (Lipinski definition) is 6. The molecule has 8 nitrogen and oxygen atoms in total. The quantitative estimate of drug-likeness (QED) is 0.358. The number of nitrogen functional groups attached to an aromatic ring is 2. The molecular weight excluding hydrogens is 356 g/mol. The van der Waals surface area contributed by atoms with Crippen LogP contribution in [-0.4, -0.2) is 25.9 Å². The molecule has 0 aliphatic carbocycles. The second kappa shape index (κ2) is 6.24. The second-order valence-corrected chi connectivity index (χ2v) is 7.66. The summed E-state index contributed by atoms with van der Waals surface area (Å²) in [7, 11) is -8.78. The molecule has 128 valence electrons. The fourth-order valence-electron chi connectivity index (χ4n) is 2.00. The van der Waals surface area contributed by atoms with E-state index in [1.165, 1.54) is 36.4 Å². The van der Waals surface area contributed by atoms with Crippen molar-refractivity contribution < 1.29 is 25.9 Å². The summed E-state index contributed by atoms with van der Waals surface area (Å²) in [5.41, 5.74) is 12.0. The highest BCUT2D eigenvalue weighted by Crippen LogP contribution is 2.23. The molecule has 0 saturated carbocycles. The number of benzene rings is 2. The van der Waals surface area contributed by atoms with Crippen molar-refractivity contribution in [3.8, 4) is 0 Å². The van der Waals surface area contributed by atoms with Gasteiger partial charge in [0.2, 0.25) is 0 Å². The topological polar surface area (TPSA) is 161 Å². The van der Waals surface area contributed by atoms with Crippen LogP contribution in [0.15, 0.2) is 46.2 Å². The Bertz CT molecular complexity index is 944. The van der Waals surface area contributed by atoms with Gasteiger partial charge in [0.15, 0.2) is 0 Å². The van der Waals surface area contributed by atoms with Crippen molar-refractivity contribution in [2.75, 3.05) is 11.5 Å². The van der Waals surface area contributed by atoms with Gasteiger partial charge in [0.1, 0.15) is 9.79 Å². The molecule has 2 aromatic rings. The van der Waals surface area contributed by atoms with E-state index in [-0.39, 0.29) is 21.2 Å². The molecule has 2 rings (SSSR count). The maximum atomic E-state index is 11.1. The zero-order valence-corrected chi connectivity index (χ0v) is 13.8. The third kappa shape index (κ3) is 4.11. The van der Waals surface area contributed by atoms with Crippen molar-refractivity contribution in [1.82, 2.24) is 0 Å². The molecular formula is C14H14N2O6S2. The van der Waals surface area contributed by atoms with E-state index in [4.69, 9.17) is 20.6 Å². The minimum atomic E-state index is -4.39. The number of anilines is 2. The van der Waals surface area contributed by atoms with E-state index < -0.39 is 20.2 Å². The molecule has 6 N–H and O–H groups in total. The van der Waals surface area contributed by atoms with Crippen LogP contribution in [0.2, 0.25) is 0 Å². The van der Waals surface area contributed by atoms with Gasteiger partial charge in [-0.15, -0.1) is 0 Å². The van der Waals surface area contributed by atoms with Crippen molar-refractivity contribution in [3.63, 3.8) is 0 Å². The van der Waals surface area contributed by atoms with Crippen LogP contribution in [0.1, 0.15) is 11.1 Å². The summed E-state index contributed by atoms with van der Waals surface area (Å²) >= 11 is 0. The van der Waals surface area contributed by atoms with E-state index in [2.05, 4.69) is 0 Å². The number of hydrogen-bond donors (Lipinski definition) is 4. The lowest BCUT2D eigenvalue weighted by molar-refractivity contribution is 0.481. The molecule has 0 saturated heterocycles. The molecule has 10 heteroatoms. The largest absolute Gasteiger partial charge is 0.398 e. The van der Waals surface area contributed by atoms with Crippen molar-refractivity contribution in [2.24, 2.45) is 0 Å². The molecule has 24 heavy (non-hydrogen) atoms. The first-order valence-corrected chi connectivity index (χ1v) is 9.28. The lowest BCUT2D eigenvalue weighted by Gasteiger charge is -2.04. The van der Waals surface area contributed by atoms with Gasteiger partial charge in [-0.25, -0.2) is 0 Å². The van der Waals surface area contributed by atoms with Gasteiger partial charge in [0.25, 0.3) is 20.2 Å². The maximum absolute atomic E-state index is 11.1. The van der Waals surface area contributed by atoms with Gasteiger partial charge in [0.05, 0.1) is 11.4 Å². The molecule has 0 aliphatic rings. The molecule has 2 aromatic carbocycles. The average molecular weight is 370 g/mol.